The van der Waals surface area contributed by atoms with Crippen LogP contribution in [0.1, 0.15) is 25.8 Å². The van der Waals surface area contributed by atoms with Crippen LogP contribution in [0.25, 0.3) is 0 Å². The van der Waals surface area contributed by atoms with Crippen molar-refractivity contribution in [2.75, 3.05) is 13.6 Å². The lowest BCUT2D eigenvalue weighted by Crippen LogP contribution is -2.35. The minimum Gasteiger partial charge on any atom is -0.345 e. The molecule has 21 heavy (non-hydrogen) atoms. The third kappa shape index (κ3) is 5.98. The van der Waals surface area contributed by atoms with Gasteiger partial charge in [-0.15, -0.1) is 12.4 Å². The quantitative estimate of drug-likeness (QED) is 0.876. The maximum atomic E-state index is 13.5. The van der Waals surface area contributed by atoms with Crippen molar-refractivity contribution < 1.29 is 13.6 Å². The zero-order valence-corrected chi connectivity index (χ0v) is 13.4. The van der Waals surface area contributed by atoms with Gasteiger partial charge in [-0.2, -0.15) is 0 Å². The molecule has 0 heterocycles. The first-order chi connectivity index (χ1) is 9.32. The van der Waals surface area contributed by atoms with Crippen molar-refractivity contribution in [1.82, 2.24) is 4.90 Å². The predicted molar refractivity (Wildman–Crippen MR) is 82.4 cm³/mol. The molecule has 1 aromatic rings. The summed E-state index contributed by atoms with van der Waals surface area (Å²) < 4.78 is 26.9. The number of carbonyl (C=O) groups excluding carboxylic acids is 1. The van der Waals surface area contributed by atoms with E-state index in [4.69, 9.17) is 5.73 Å². The third-order valence-electron chi connectivity index (χ3n) is 3.47. The summed E-state index contributed by atoms with van der Waals surface area (Å²) in [6, 6.07) is 3.60. The molecular formula is C15H23ClF2N2O. The zero-order valence-electron chi connectivity index (χ0n) is 12.6. The molecule has 2 N–H and O–H groups in total. The summed E-state index contributed by atoms with van der Waals surface area (Å²) in [7, 11) is 1.62. The van der Waals surface area contributed by atoms with E-state index in [0.717, 1.165) is 12.1 Å². The van der Waals surface area contributed by atoms with E-state index in [1.807, 2.05) is 13.8 Å². The predicted octanol–water partition coefficient (Wildman–Crippen LogP) is 2.76. The second kappa shape index (κ2) is 8.95. The molecule has 1 aromatic carbocycles. The van der Waals surface area contributed by atoms with E-state index in [9.17, 15) is 13.6 Å². The van der Waals surface area contributed by atoms with Crippen LogP contribution in [0.15, 0.2) is 18.2 Å². The van der Waals surface area contributed by atoms with E-state index in [0.29, 0.717) is 18.9 Å². The Kier molecular flexibility index (Phi) is 8.44. The van der Waals surface area contributed by atoms with E-state index in [1.54, 1.807) is 7.05 Å². The van der Waals surface area contributed by atoms with Crippen LogP contribution < -0.4 is 5.73 Å². The molecule has 6 heteroatoms. The standard InChI is InChI=1S/C15H22F2N2O.ClH/c1-10(2)14(18)7-8-19(3)15(20)9-11-12(16)5-4-6-13(11)17;/h4-6,10,14H,7-9,18H2,1-3H3;1H. The van der Waals surface area contributed by atoms with Crippen LogP contribution in [0.3, 0.4) is 0 Å². The summed E-state index contributed by atoms with van der Waals surface area (Å²) in [4.78, 5) is 13.4. The average molecular weight is 321 g/mol. The molecule has 0 spiro atoms. The van der Waals surface area contributed by atoms with E-state index in [-0.39, 0.29) is 36.3 Å². The molecule has 0 bridgehead atoms. The Hall–Kier alpha value is -1.20. The first-order valence-electron chi connectivity index (χ1n) is 6.75. The maximum absolute atomic E-state index is 13.5. The summed E-state index contributed by atoms with van der Waals surface area (Å²) in [5, 5.41) is 0. The molecule has 1 rings (SSSR count). The second-order valence-electron chi connectivity index (χ2n) is 5.39. The van der Waals surface area contributed by atoms with Gasteiger partial charge in [0, 0.05) is 25.2 Å². The number of benzene rings is 1. The van der Waals surface area contributed by atoms with Crippen LogP contribution >= 0.6 is 12.4 Å². The van der Waals surface area contributed by atoms with E-state index >= 15 is 0 Å². The topological polar surface area (TPSA) is 46.3 Å². The number of rotatable bonds is 6. The fraction of sp³-hybridized carbons (Fsp3) is 0.533. The van der Waals surface area contributed by atoms with Gasteiger partial charge in [-0.1, -0.05) is 19.9 Å². The Morgan fingerprint density at radius 2 is 1.81 bits per heavy atom. The minimum atomic E-state index is -0.689. The van der Waals surface area contributed by atoms with Crippen LogP contribution in [-0.2, 0) is 11.2 Å². The van der Waals surface area contributed by atoms with Gasteiger partial charge in [-0.05, 0) is 24.5 Å². The highest BCUT2D eigenvalue weighted by Gasteiger charge is 2.17. The minimum absolute atomic E-state index is 0. The van der Waals surface area contributed by atoms with Crippen molar-refractivity contribution in [2.45, 2.75) is 32.7 Å². The fourth-order valence-corrected chi connectivity index (χ4v) is 1.79. The maximum Gasteiger partial charge on any atom is 0.226 e. The second-order valence-corrected chi connectivity index (χ2v) is 5.39. The molecule has 0 saturated carbocycles. The van der Waals surface area contributed by atoms with Crippen LogP contribution in [0.2, 0.25) is 0 Å². The molecule has 1 atom stereocenters. The van der Waals surface area contributed by atoms with Crippen LogP contribution in [-0.4, -0.2) is 30.4 Å². The summed E-state index contributed by atoms with van der Waals surface area (Å²) in [5.41, 5.74) is 5.72. The summed E-state index contributed by atoms with van der Waals surface area (Å²) in [5.74, 6) is -1.36. The zero-order chi connectivity index (χ0) is 15.3. The lowest BCUT2D eigenvalue weighted by molar-refractivity contribution is -0.129. The number of hydrogen-bond acceptors (Lipinski definition) is 2. The Bertz CT molecular complexity index is 449. The summed E-state index contributed by atoms with van der Waals surface area (Å²) >= 11 is 0. The Balaban J connectivity index is 0.00000400. The van der Waals surface area contributed by atoms with Gasteiger partial charge in [0.1, 0.15) is 11.6 Å². The van der Waals surface area contributed by atoms with Crippen molar-refractivity contribution in [3.8, 4) is 0 Å². The molecule has 0 aromatic heterocycles. The highest BCUT2D eigenvalue weighted by molar-refractivity contribution is 5.85. The Morgan fingerprint density at radius 1 is 1.29 bits per heavy atom. The fourth-order valence-electron chi connectivity index (χ4n) is 1.79. The summed E-state index contributed by atoms with van der Waals surface area (Å²) in [6.07, 6.45) is 0.394. The molecule has 120 valence electrons. The van der Waals surface area contributed by atoms with Gasteiger partial charge in [-0.3, -0.25) is 4.79 Å². The van der Waals surface area contributed by atoms with E-state index in [1.165, 1.54) is 11.0 Å². The number of hydrogen-bond donors (Lipinski definition) is 1. The first kappa shape index (κ1) is 19.8. The van der Waals surface area contributed by atoms with E-state index in [2.05, 4.69) is 0 Å². The molecule has 0 fully saturated rings. The van der Waals surface area contributed by atoms with Gasteiger partial charge < -0.3 is 10.6 Å². The van der Waals surface area contributed by atoms with Crippen LogP contribution in [0, 0.1) is 17.6 Å². The van der Waals surface area contributed by atoms with Crippen LogP contribution in [0.4, 0.5) is 8.78 Å². The lowest BCUT2D eigenvalue weighted by Gasteiger charge is -2.21. The van der Waals surface area contributed by atoms with Crippen LogP contribution in [0.5, 0.6) is 0 Å². The van der Waals surface area contributed by atoms with E-state index < -0.39 is 11.6 Å². The van der Waals surface area contributed by atoms with Gasteiger partial charge in [0.15, 0.2) is 0 Å². The monoisotopic (exact) mass is 320 g/mol. The number of likely N-dealkylation sites (N-methyl/N-ethyl adjacent to an activating group) is 1. The van der Waals surface area contributed by atoms with Gasteiger partial charge in [-0.25, -0.2) is 8.78 Å². The smallest absolute Gasteiger partial charge is 0.226 e. The van der Waals surface area contributed by atoms with Crippen molar-refractivity contribution in [2.24, 2.45) is 11.7 Å². The van der Waals surface area contributed by atoms with Gasteiger partial charge in [0.2, 0.25) is 5.91 Å². The average Bonchev–Trinajstić information content (AvgIpc) is 2.39. The van der Waals surface area contributed by atoms with Crippen molar-refractivity contribution in [3.05, 3.63) is 35.4 Å². The SMILES string of the molecule is CC(C)C(N)CCN(C)C(=O)Cc1c(F)cccc1F.Cl. The molecule has 0 radical (unpaired) electrons. The lowest BCUT2D eigenvalue weighted by atomic mass is 10.0. The molecule has 0 saturated heterocycles. The molecule has 0 aliphatic rings. The largest absolute Gasteiger partial charge is 0.345 e. The Labute approximate surface area is 130 Å². The van der Waals surface area contributed by atoms with Crippen molar-refractivity contribution in [1.29, 1.82) is 0 Å². The van der Waals surface area contributed by atoms with Gasteiger partial charge >= 0.3 is 0 Å². The molecule has 0 aliphatic carbocycles. The molecule has 0 aliphatic heterocycles. The number of halogens is 3. The van der Waals surface area contributed by atoms with Crippen molar-refractivity contribution >= 4 is 18.3 Å². The Morgan fingerprint density at radius 3 is 2.29 bits per heavy atom. The number of carbonyl (C=O) groups is 1. The van der Waals surface area contributed by atoms with Gasteiger partial charge in [0.25, 0.3) is 0 Å². The number of nitrogens with zero attached hydrogens (tertiary/aromatic N) is 1. The molecule has 1 unspecified atom stereocenters. The molecule has 1 amide bonds. The normalized spacial score (nSPS) is 12.0. The van der Waals surface area contributed by atoms with Crippen molar-refractivity contribution in [3.63, 3.8) is 0 Å². The van der Waals surface area contributed by atoms with Gasteiger partial charge in [0.05, 0.1) is 6.42 Å². The highest BCUT2D eigenvalue weighted by atomic mass is 35.5. The number of amides is 1. The highest BCUT2D eigenvalue weighted by Crippen LogP contribution is 2.14. The molecular weight excluding hydrogens is 298 g/mol. The third-order valence-corrected chi connectivity index (χ3v) is 3.47. The first-order valence-corrected chi connectivity index (χ1v) is 6.75. The molecule has 3 nitrogen and oxygen atoms in total. The summed E-state index contributed by atoms with van der Waals surface area (Å²) in [6.45, 7) is 4.51. The number of nitrogens with two attached hydrogens (primary N) is 1.